The number of carboxylic acids is 1. The molecular formula is C14H18Cl2N2O5. The predicted octanol–water partition coefficient (Wildman–Crippen LogP) is -0.987. The van der Waals surface area contributed by atoms with Gasteiger partial charge in [0.1, 0.15) is 6.04 Å². The lowest BCUT2D eigenvalue weighted by Crippen LogP contribution is -2.94. The Labute approximate surface area is 143 Å². The van der Waals surface area contributed by atoms with Gasteiger partial charge in [-0.15, -0.1) is 0 Å². The fourth-order valence-corrected chi connectivity index (χ4v) is 2.07. The van der Waals surface area contributed by atoms with Crippen LogP contribution in [-0.4, -0.2) is 49.4 Å². The quantitative estimate of drug-likeness (QED) is 0.461. The average Bonchev–Trinajstić information content (AvgIpc) is 2.49. The molecule has 1 rings (SSSR count). The summed E-state index contributed by atoms with van der Waals surface area (Å²) in [6.45, 7) is 0.676. The molecule has 0 heterocycles. The van der Waals surface area contributed by atoms with Crippen LogP contribution >= 0.6 is 23.2 Å². The zero-order valence-electron chi connectivity index (χ0n) is 12.3. The molecule has 1 aromatic rings. The van der Waals surface area contributed by atoms with Crippen molar-refractivity contribution in [1.29, 1.82) is 0 Å². The summed E-state index contributed by atoms with van der Waals surface area (Å²) in [5, 5.41) is 24.2. The first-order valence-electron chi connectivity index (χ1n) is 6.91. The molecule has 0 spiro atoms. The minimum Gasteiger partial charge on any atom is -0.544 e. The van der Waals surface area contributed by atoms with Gasteiger partial charge in [0.05, 0.1) is 48.8 Å². The number of amides is 1. The summed E-state index contributed by atoms with van der Waals surface area (Å²) in [7, 11) is 0. The molecule has 9 heteroatoms. The van der Waals surface area contributed by atoms with Crippen molar-refractivity contribution in [3.05, 3.63) is 28.2 Å². The SMILES string of the molecule is O=C(C[C@H]([NH2+]CCOCCO)C(=O)[O-])Nc1ccc(Cl)c(Cl)c1. The highest BCUT2D eigenvalue weighted by Crippen LogP contribution is 2.24. The normalized spacial score (nSPS) is 12.0. The number of nitrogens with two attached hydrogens (primary N) is 1. The van der Waals surface area contributed by atoms with E-state index in [0.717, 1.165) is 0 Å². The van der Waals surface area contributed by atoms with Crippen molar-refractivity contribution in [2.24, 2.45) is 0 Å². The molecule has 0 saturated heterocycles. The van der Waals surface area contributed by atoms with E-state index in [0.29, 0.717) is 17.3 Å². The van der Waals surface area contributed by atoms with Gasteiger partial charge in [0, 0.05) is 5.69 Å². The van der Waals surface area contributed by atoms with Gasteiger partial charge in [-0.25, -0.2) is 0 Å². The lowest BCUT2D eigenvalue weighted by molar-refractivity contribution is -0.683. The van der Waals surface area contributed by atoms with Crippen LogP contribution < -0.4 is 15.7 Å². The van der Waals surface area contributed by atoms with Crippen molar-refractivity contribution in [2.45, 2.75) is 12.5 Å². The van der Waals surface area contributed by atoms with Crippen LogP contribution in [0.3, 0.4) is 0 Å². The van der Waals surface area contributed by atoms with E-state index in [1.807, 2.05) is 0 Å². The number of benzene rings is 1. The Morgan fingerprint density at radius 2 is 2.04 bits per heavy atom. The van der Waals surface area contributed by atoms with Crippen LogP contribution in [0.4, 0.5) is 5.69 Å². The summed E-state index contributed by atoms with van der Waals surface area (Å²) in [5.41, 5.74) is 0.424. The molecule has 1 aromatic carbocycles. The van der Waals surface area contributed by atoms with Crippen LogP contribution in [0, 0.1) is 0 Å². The molecule has 0 unspecified atom stereocenters. The van der Waals surface area contributed by atoms with Gasteiger partial charge in [0.2, 0.25) is 5.91 Å². The molecule has 4 N–H and O–H groups in total. The van der Waals surface area contributed by atoms with E-state index in [1.54, 1.807) is 6.07 Å². The van der Waals surface area contributed by atoms with E-state index in [2.05, 4.69) is 5.32 Å². The molecule has 0 bridgehead atoms. The Kier molecular flexibility index (Phi) is 8.90. The molecule has 128 valence electrons. The van der Waals surface area contributed by atoms with Crippen LogP contribution in [0.2, 0.25) is 10.0 Å². The average molecular weight is 365 g/mol. The zero-order valence-corrected chi connectivity index (χ0v) is 13.8. The van der Waals surface area contributed by atoms with E-state index in [-0.39, 0.29) is 31.3 Å². The van der Waals surface area contributed by atoms with Gasteiger partial charge in [-0.3, -0.25) is 4.79 Å². The van der Waals surface area contributed by atoms with Gasteiger partial charge >= 0.3 is 0 Å². The minimum absolute atomic E-state index is 0.101. The third kappa shape index (κ3) is 7.62. The minimum atomic E-state index is -1.34. The van der Waals surface area contributed by atoms with E-state index < -0.39 is 17.9 Å². The first kappa shape index (κ1) is 19.7. The molecule has 1 atom stereocenters. The summed E-state index contributed by atoms with van der Waals surface area (Å²) < 4.78 is 5.02. The Bertz CT molecular complexity index is 542. The van der Waals surface area contributed by atoms with Crippen molar-refractivity contribution in [3.63, 3.8) is 0 Å². The number of nitrogens with one attached hydrogen (secondary N) is 1. The highest BCUT2D eigenvalue weighted by molar-refractivity contribution is 6.42. The summed E-state index contributed by atoms with van der Waals surface area (Å²) >= 11 is 11.6. The molecule has 0 saturated carbocycles. The second-order valence-electron chi connectivity index (χ2n) is 4.67. The molecular weight excluding hydrogens is 347 g/mol. The van der Waals surface area contributed by atoms with E-state index in [4.69, 9.17) is 33.0 Å². The maximum atomic E-state index is 11.9. The van der Waals surface area contributed by atoms with Crippen molar-refractivity contribution in [3.8, 4) is 0 Å². The molecule has 0 aliphatic rings. The van der Waals surface area contributed by atoms with Crippen molar-refractivity contribution < 1.29 is 29.9 Å². The lowest BCUT2D eigenvalue weighted by Gasteiger charge is -2.16. The molecule has 0 radical (unpaired) electrons. The van der Waals surface area contributed by atoms with Crippen LogP contribution in [0.25, 0.3) is 0 Å². The number of quaternary nitrogens is 1. The Morgan fingerprint density at radius 3 is 2.65 bits per heavy atom. The number of rotatable bonds is 10. The smallest absolute Gasteiger partial charge is 0.230 e. The topological polar surface area (TPSA) is 115 Å². The second kappa shape index (κ2) is 10.4. The highest BCUT2D eigenvalue weighted by Gasteiger charge is 2.18. The first-order chi connectivity index (χ1) is 10.9. The monoisotopic (exact) mass is 364 g/mol. The molecule has 0 fully saturated rings. The van der Waals surface area contributed by atoms with Crippen LogP contribution in [-0.2, 0) is 14.3 Å². The van der Waals surface area contributed by atoms with E-state index in [9.17, 15) is 14.7 Å². The molecule has 1 amide bonds. The summed E-state index contributed by atoms with van der Waals surface area (Å²) in [6, 6.07) is 3.53. The Balaban J connectivity index is 2.47. The molecule has 23 heavy (non-hydrogen) atoms. The van der Waals surface area contributed by atoms with Crippen LogP contribution in [0.5, 0.6) is 0 Å². The zero-order chi connectivity index (χ0) is 17.2. The fraction of sp³-hybridized carbons (Fsp3) is 0.429. The van der Waals surface area contributed by atoms with Crippen molar-refractivity contribution >= 4 is 40.8 Å². The number of carbonyl (C=O) groups is 2. The van der Waals surface area contributed by atoms with Crippen molar-refractivity contribution in [2.75, 3.05) is 31.7 Å². The summed E-state index contributed by atoms with van der Waals surface area (Å²) in [6.07, 6.45) is -0.261. The third-order valence-electron chi connectivity index (χ3n) is 2.86. The lowest BCUT2D eigenvalue weighted by atomic mass is 10.2. The number of halogens is 2. The Hall–Kier alpha value is -1.38. The highest BCUT2D eigenvalue weighted by atomic mass is 35.5. The first-order valence-corrected chi connectivity index (χ1v) is 7.67. The number of hydrogen-bond donors (Lipinski definition) is 3. The number of carbonyl (C=O) groups excluding carboxylic acids is 2. The van der Waals surface area contributed by atoms with Crippen LogP contribution in [0.15, 0.2) is 18.2 Å². The third-order valence-corrected chi connectivity index (χ3v) is 3.60. The molecule has 7 nitrogen and oxygen atoms in total. The van der Waals surface area contributed by atoms with Gasteiger partial charge in [-0.1, -0.05) is 23.2 Å². The number of aliphatic hydroxyl groups is 1. The molecule has 0 aliphatic carbocycles. The molecule has 0 aliphatic heterocycles. The number of aliphatic carboxylic acids is 1. The number of aliphatic hydroxyl groups excluding tert-OH is 1. The van der Waals surface area contributed by atoms with Crippen molar-refractivity contribution in [1.82, 2.24) is 0 Å². The number of ether oxygens (including phenoxy) is 1. The summed E-state index contributed by atoms with van der Waals surface area (Å²) in [5.74, 6) is -1.82. The van der Waals surface area contributed by atoms with Gasteiger partial charge in [0.25, 0.3) is 0 Å². The number of carboxylic acid groups (broad SMARTS) is 1. The standard InChI is InChI=1S/C14H18Cl2N2O5/c15-10-2-1-9(7-11(10)16)18-13(20)8-12(14(21)22)17-3-5-23-6-4-19/h1-2,7,12,17,19H,3-6,8H2,(H,18,20)(H,21,22)/t12-/m0/s1. The largest absolute Gasteiger partial charge is 0.544 e. The van der Waals surface area contributed by atoms with Gasteiger partial charge in [-0.05, 0) is 18.2 Å². The maximum Gasteiger partial charge on any atom is 0.230 e. The summed E-state index contributed by atoms with van der Waals surface area (Å²) in [4.78, 5) is 23.0. The van der Waals surface area contributed by atoms with Gasteiger partial charge in [-0.2, -0.15) is 0 Å². The number of anilines is 1. The van der Waals surface area contributed by atoms with E-state index in [1.165, 1.54) is 17.4 Å². The fourth-order valence-electron chi connectivity index (χ4n) is 1.77. The number of hydrogen-bond acceptors (Lipinski definition) is 5. The van der Waals surface area contributed by atoms with Crippen LogP contribution in [0.1, 0.15) is 6.42 Å². The molecule has 0 aromatic heterocycles. The van der Waals surface area contributed by atoms with Gasteiger partial charge < -0.3 is 30.4 Å². The van der Waals surface area contributed by atoms with Gasteiger partial charge in [0.15, 0.2) is 0 Å². The predicted molar refractivity (Wildman–Crippen MR) is 83.2 cm³/mol. The maximum absolute atomic E-state index is 11.9. The Morgan fingerprint density at radius 1 is 1.30 bits per heavy atom. The second-order valence-corrected chi connectivity index (χ2v) is 5.48. The van der Waals surface area contributed by atoms with E-state index >= 15 is 0 Å².